The molecule has 1 aliphatic carbocycles. The van der Waals surface area contributed by atoms with Gasteiger partial charge in [0, 0.05) is 18.2 Å². The summed E-state index contributed by atoms with van der Waals surface area (Å²) >= 11 is 0. The Labute approximate surface area is 164 Å². The maximum atomic E-state index is 13.0. The second-order valence-electron chi connectivity index (χ2n) is 8.49. The van der Waals surface area contributed by atoms with Gasteiger partial charge in [-0.05, 0) is 55.0 Å². The first-order chi connectivity index (χ1) is 13.6. The molecule has 2 bridgehead atoms. The van der Waals surface area contributed by atoms with Gasteiger partial charge >= 0.3 is 0 Å². The third kappa shape index (κ3) is 2.67. The molecule has 2 saturated heterocycles. The molecule has 2 amide bonds. The number of fused-ring (bicyclic) bond motifs is 3. The zero-order valence-electron chi connectivity index (χ0n) is 15.7. The zero-order valence-corrected chi connectivity index (χ0v) is 15.7. The summed E-state index contributed by atoms with van der Waals surface area (Å²) in [5, 5.41) is 14.3. The normalized spacial score (nSPS) is 30.2. The Morgan fingerprint density at radius 1 is 1.14 bits per heavy atom. The van der Waals surface area contributed by atoms with Crippen LogP contribution in [0.2, 0.25) is 0 Å². The van der Waals surface area contributed by atoms with E-state index in [0.29, 0.717) is 18.5 Å². The summed E-state index contributed by atoms with van der Waals surface area (Å²) in [5.41, 5.74) is 0.379. The predicted molar refractivity (Wildman–Crippen MR) is 105 cm³/mol. The van der Waals surface area contributed by atoms with E-state index >= 15 is 0 Å². The summed E-state index contributed by atoms with van der Waals surface area (Å²) in [5.74, 6) is -0.202. The fourth-order valence-electron chi connectivity index (χ4n) is 5.17. The molecule has 3 fully saturated rings. The number of nitriles is 1. The van der Waals surface area contributed by atoms with E-state index in [0.717, 1.165) is 36.5 Å². The number of rotatable bonds is 4. The number of amides is 2. The highest BCUT2D eigenvalue weighted by Crippen LogP contribution is 2.50. The van der Waals surface area contributed by atoms with Crippen LogP contribution in [0, 0.1) is 23.2 Å². The van der Waals surface area contributed by atoms with Crippen molar-refractivity contribution in [3.63, 3.8) is 0 Å². The van der Waals surface area contributed by atoms with Crippen molar-refractivity contribution in [2.45, 2.75) is 43.7 Å². The van der Waals surface area contributed by atoms with Gasteiger partial charge in [-0.2, -0.15) is 5.26 Å². The number of benzene rings is 2. The molecule has 0 radical (unpaired) electrons. The molecule has 0 aromatic heterocycles. The van der Waals surface area contributed by atoms with Crippen LogP contribution >= 0.6 is 0 Å². The third-order valence-corrected chi connectivity index (χ3v) is 6.86. The summed E-state index contributed by atoms with van der Waals surface area (Å²) < 4.78 is 0. The molecule has 5 nitrogen and oxygen atoms in total. The number of hydrogen-bond donors (Lipinski definition) is 1. The molecule has 0 spiro atoms. The van der Waals surface area contributed by atoms with Crippen molar-refractivity contribution >= 4 is 22.6 Å². The van der Waals surface area contributed by atoms with Crippen LogP contribution in [0.15, 0.2) is 42.5 Å². The average Bonchev–Trinajstić information content (AvgIpc) is 3.34. The molecule has 1 saturated carbocycles. The number of carbonyl (C=O) groups excluding carboxylic acids is 2. The molecule has 5 heteroatoms. The van der Waals surface area contributed by atoms with E-state index in [1.54, 1.807) is 0 Å². The van der Waals surface area contributed by atoms with E-state index < -0.39 is 0 Å². The van der Waals surface area contributed by atoms with E-state index in [-0.39, 0.29) is 35.2 Å². The first-order valence-electron chi connectivity index (χ1n) is 10.1. The van der Waals surface area contributed by atoms with Crippen LogP contribution in [0.3, 0.4) is 0 Å². The molecule has 5 rings (SSSR count). The largest absolute Gasteiger partial charge is 0.350 e. The van der Waals surface area contributed by atoms with Crippen LogP contribution in [0.4, 0.5) is 0 Å². The molecule has 3 aliphatic rings. The maximum Gasteiger partial charge on any atom is 0.251 e. The van der Waals surface area contributed by atoms with Crippen molar-refractivity contribution in [2.75, 3.05) is 6.54 Å². The minimum atomic E-state index is -0.267. The lowest BCUT2D eigenvalue weighted by atomic mass is 9.87. The molecule has 28 heavy (non-hydrogen) atoms. The molecule has 1 N–H and O–H groups in total. The number of nitrogens with zero attached hydrogens (tertiary/aromatic N) is 2. The van der Waals surface area contributed by atoms with E-state index in [1.807, 2.05) is 47.4 Å². The Morgan fingerprint density at radius 2 is 1.89 bits per heavy atom. The van der Waals surface area contributed by atoms with Crippen LogP contribution in [0.25, 0.3) is 10.8 Å². The molecular weight excluding hydrogens is 350 g/mol. The smallest absolute Gasteiger partial charge is 0.251 e. The second kappa shape index (κ2) is 6.34. The van der Waals surface area contributed by atoms with Gasteiger partial charge in [-0.25, -0.2) is 0 Å². The van der Waals surface area contributed by atoms with E-state index in [9.17, 15) is 9.59 Å². The van der Waals surface area contributed by atoms with Crippen molar-refractivity contribution < 1.29 is 9.59 Å². The van der Waals surface area contributed by atoms with Gasteiger partial charge in [0.15, 0.2) is 0 Å². The predicted octanol–water partition coefficient (Wildman–Crippen LogP) is 3.25. The van der Waals surface area contributed by atoms with Crippen LogP contribution in [-0.2, 0) is 4.79 Å². The van der Waals surface area contributed by atoms with Gasteiger partial charge in [0.05, 0.1) is 23.4 Å². The van der Waals surface area contributed by atoms with Gasteiger partial charge in [-0.15, -0.1) is 0 Å². The van der Waals surface area contributed by atoms with Gasteiger partial charge in [-0.3, -0.25) is 9.59 Å². The Kier molecular flexibility index (Phi) is 3.90. The minimum Gasteiger partial charge on any atom is -0.350 e. The van der Waals surface area contributed by atoms with Crippen molar-refractivity contribution in [3.05, 3.63) is 48.0 Å². The standard InChI is InChI=1S/C23H23N3O2/c24-13-18-12-20(18)22(28)26-19-7-9-23(26,10-8-19)14-25-21(27)17-6-5-15-3-1-2-4-16(15)11-17/h1-6,11,18-20H,7-10,12,14H2,(H,25,27)/t18-,19?,20+,23?/m0/s1. The van der Waals surface area contributed by atoms with Gasteiger partial charge in [0.1, 0.15) is 0 Å². The highest BCUT2D eigenvalue weighted by molar-refractivity contribution is 5.98. The van der Waals surface area contributed by atoms with Crippen molar-refractivity contribution in [1.29, 1.82) is 5.26 Å². The quantitative estimate of drug-likeness (QED) is 0.894. The Balaban J connectivity index is 1.31. The third-order valence-electron chi connectivity index (χ3n) is 6.86. The van der Waals surface area contributed by atoms with Crippen LogP contribution in [0.1, 0.15) is 42.5 Å². The molecule has 2 heterocycles. The van der Waals surface area contributed by atoms with Crippen LogP contribution < -0.4 is 5.32 Å². The van der Waals surface area contributed by atoms with Gasteiger partial charge in [0.25, 0.3) is 5.91 Å². The highest BCUT2D eigenvalue weighted by atomic mass is 16.2. The van der Waals surface area contributed by atoms with Crippen LogP contribution in [-0.4, -0.2) is 34.8 Å². The van der Waals surface area contributed by atoms with Gasteiger partial charge in [0.2, 0.25) is 5.91 Å². The Bertz CT molecular complexity index is 1000. The number of nitrogens with one attached hydrogen (secondary N) is 1. The monoisotopic (exact) mass is 373 g/mol. The number of hydrogen-bond acceptors (Lipinski definition) is 3. The Hall–Kier alpha value is -2.87. The minimum absolute atomic E-state index is 0.0933. The second-order valence-corrected chi connectivity index (χ2v) is 8.49. The van der Waals surface area contributed by atoms with Crippen molar-refractivity contribution in [1.82, 2.24) is 10.2 Å². The molecule has 142 valence electrons. The molecular formula is C23H23N3O2. The van der Waals surface area contributed by atoms with Crippen molar-refractivity contribution in [2.24, 2.45) is 11.8 Å². The first-order valence-corrected chi connectivity index (χ1v) is 10.1. The molecule has 2 aromatic carbocycles. The topological polar surface area (TPSA) is 73.2 Å². The fraction of sp³-hybridized carbons (Fsp3) is 0.435. The lowest BCUT2D eigenvalue weighted by Crippen LogP contribution is -2.52. The zero-order chi connectivity index (χ0) is 19.3. The molecule has 0 unspecified atom stereocenters. The molecule has 2 aliphatic heterocycles. The lowest BCUT2D eigenvalue weighted by Gasteiger charge is -2.35. The lowest BCUT2D eigenvalue weighted by molar-refractivity contribution is -0.136. The number of carbonyl (C=O) groups is 2. The highest BCUT2D eigenvalue weighted by Gasteiger charge is 2.58. The molecule has 2 atom stereocenters. The fourth-order valence-corrected chi connectivity index (χ4v) is 5.17. The summed E-state index contributed by atoms with van der Waals surface area (Å²) in [6.45, 7) is 0.491. The maximum absolute atomic E-state index is 13.0. The summed E-state index contributed by atoms with van der Waals surface area (Å²) in [7, 11) is 0. The SMILES string of the molecule is N#C[C@@H]1C[C@H]1C(=O)N1C2CCC1(CNC(=O)c1ccc3ccccc3c1)CC2. The van der Waals surface area contributed by atoms with Gasteiger partial charge in [-0.1, -0.05) is 30.3 Å². The summed E-state index contributed by atoms with van der Waals surface area (Å²) in [4.78, 5) is 27.8. The first kappa shape index (κ1) is 17.2. The van der Waals surface area contributed by atoms with Crippen LogP contribution in [0.5, 0.6) is 0 Å². The molecule has 2 aromatic rings. The Morgan fingerprint density at radius 3 is 2.61 bits per heavy atom. The average molecular weight is 373 g/mol. The summed E-state index contributed by atoms with van der Waals surface area (Å²) in [6, 6.07) is 16.2. The van der Waals surface area contributed by atoms with E-state index in [2.05, 4.69) is 11.4 Å². The van der Waals surface area contributed by atoms with Crippen molar-refractivity contribution in [3.8, 4) is 6.07 Å². The summed E-state index contributed by atoms with van der Waals surface area (Å²) in [6.07, 6.45) is 4.57. The van der Waals surface area contributed by atoms with Gasteiger partial charge < -0.3 is 10.2 Å². The van der Waals surface area contributed by atoms with E-state index in [4.69, 9.17) is 5.26 Å². The van der Waals surface area contributed by atoms with E-state index in [1.165, 1.54) is 0 Å².